The summed E-state index contributed by atoms with van der Waals surface area (Å²) >= 11 is 0. The van der Waals surface area contributed by atoms with Gasteiger partial charge in [-0.1, -0.05) is 52.9 Å². The van der Waals surface area contributed by atoms with E-state index in [9.17, 15) is 0 Å². The van der Waals surface area contributed by atoms with Crippen molar-refractivity contribution in [2.45, 2.75) is 97.2 Å². The van der Waals surface area contributed by atoms with Crippen molar-refractivity contribution in [1.82, 2.24) is 9.80 Å². The topological polar surface area (TPSA) is 6.48 Å². The molecule has 0 radical (unpaired) electrons. The highest BCUT2D eigenvalue weighted by atomic mass is 15.3. The average molecular weight is 295 g/mol. The lowest BCUT2D eigenvalue weighted by Gasteiger charge is -2.52. The maximum Gasteiger partial charge on any atom is 0.0249 e. The van der Waals surface area contributed by atoms with Crippen LogP contribution < -0.4 is 0 Å². The molecular weight excluding hydrogens is 256 g/mol. The Morgan fingerprint density at radius 2 is 1.81 bits per heavy atom. The molecule has 0 spiro atoms. The lowest BCUT2D eigenvalue weighted by molar-refractivity contribution is -0.0283. The molecule has 2 heterocycles. The van der Waals surface area contributed by atoms with E-state index in [-0.39, 0.29) is 0 Å². The van der Waals surface area contributed by atoms with Crippen molar-refractivity contribution >= 4 is 0 Å². The molecule has 0 bridgehead atoms. The first-order valence-electron chi connectivity index (χ1n) is 9.63. The Morgan fingerprint density at radius 3 is 2.52 bits per heavy atom. The average Bonchev–Trinajstić information content (AvgIpc) is 2.50. The Morgan fingerprint density at radius 1 is 1.00 bits per heavy atom. The Bertz CT molecular complexity index is 289. The van der Waals surface area contributed by atoms with Crippen LogP contribution in [0.4, 0.5) is 0 Å². The van der Waals surface area contributed by atoms with Crippen molar-refractivity contribution in [3.05, 3.63) is 0 Å². The SMILES string of the molecule is CCCCCCC(C)N1CC2CCCCN2CC1C(C)C. The monoisotopic (exact) mass is 294 g/mol. The maximum atomic E-state index is 2.88. The van der Waals surface area contributed by atoms with Gasteiger partial charge in [-0.25, -0.2) is 0 Å². The highest BCUT2D eigenvalue weighted by Gasteiger charge is 2.37. The van der Waals surface area contributed by atoms with E-state index in [1.54, 1.807) is 0 Å². The first kappa shape index (κ1) is 17.3. The Kier molecular flexibility index (Phi) is 7.01. The van der Waals surface area contributed by atoms with E-state index < -0.39 is 0 Å². The predicted molar refractivity (Wildman–Crippen MR) is 92.8 cm³/mol. The molecule has 0 amide bonds. The molecular formula is C19H38N2. The number of rotatable bonds is 7. The number of hydrogen-bond acceptors (Lipinski definition) is 2. The van der Waals surface area contributed by atoms with Gasteiger partial charge in [-0.3, -0.25) is 9.80 Å². The quantitative estimate of drug-likeness (QED) is 0.636. The highest BCUT2D eigenvalue weighted by molar-refractivity contribution is 4.93. The van der Waals surface area contributed by atoms with Gasteiger partial charge in [0.15, 0.2) is 0 Å². The fraction of sp³-hybridized carbons (Fsp3) is 1.00. The number of piperidine rings is 1. The minimum Gasteiger partial charge on any atom is -0.298 e. The van der Waals surface area contributed by atoms with Gasteiger partial charge in [0, 0.05) is 31.2 Å². The molecule has 0 N–H and O–H groups in total. The molecule has 2 heteroatoms. The molecule has 2 rings (SSSR count). The van der Waals surface area contributed by atoms with Crippen LogP contribution in [0.3, 0.4) is 0 Å². The molecule has 2 fully saturated rings. The summed E-state index contributed by atoms with van der Waals surface area (Å²) < 4.78 is 0. The van der Waals surface area contributed by atoms with Crippen LogP contribution in [0, 0.1) is 5.92 Å². The van der Waals surface area contributed by atoms with Crippen LogP contribution >= 0.6 is 0 Å². The summed E-state index contributed by atoms with van der Waals surface area (Å²) in [6, 6.07) is 2.41. The Hall–Kier alpha value is -0.0800. The maximum absolute atomic E-state index is 2.88. The Labute approximate surface area is 133 Å². The van der Waals surface area contributed by atoms with Gasteiger partial charge in [-0.2, -0.15) is 0 Å². The van der Waals surface area contributed by atoms with Crippen molar-refractivity contribution in [2.75, 3.05) is 19.6 Å². The molecule has 0 aromatic heterocycles. The van der Waals surface area contributed by atoms with Crippen LogP contribution in [0.15, 0.2) is 0 Å². The second kappa shape index (κ2) is 8.53. The van der Waals surface area contributed by atoms with Crippen LogP contribution in [0.5, 0.6) is 0 Å². The number of hydrogen-bond donors (Lipinski definition) is 0. The zero-order valence-electron chi connectivity index (χ0n) is 15.0. The molecule has 2 aliphatic heterocycles. The first-order valence-corrected chi connectivity index (χ1v) is 9.63. The van der Waals surface area contributed by atoms with Crippen molar-refractivity contribution in [1.29, 1.82) is 0 Å². The van der Waals surface area contributed by atoms with Crippen LogP contribution in [0.1, 0.15) is 79.1 Å². The molecule has 0 aromatic carbocycles. The van der Waals surface area contributed by atoms with Gasteiger partial charge in [-0.15, -0.1) is 0 Å². The van der Waals surface area contributed by atoms with Crippen LogP contribution in [0.2, 0.25) is 0 Å². The van der Waals surface area contributed by atoms with E-state index >= 15 is 0 Å². The van der Waals surface area contributed by atoms with E-state index in [0.29, 0.717) is 0 Å². The van der Waals surface area contributed by atoms with Crippen molar-refractivity contribution in [3.8, 4) is 0 Å². The zero-order chi connectivity index (χ0) is 15.2. The van der Waals surface area contributed by atoms with Crippen molar-refractivity contribution < 1.29 is 0 Å². The molecule has 3 atom stereocenters. The minimum absolute atomic E-state index is 0.776. The van der Waals surface area contributed by atoms with Crippen LogP contribution in [-0.2, 0) is 0 Å². The molecule has 0 saturated carbocycles. The van der Waals surface area contributed by atoms with Gasteiger partial charge in [0.2, 0.25) is 0 Å². The molecule has 3 unspecified atom stereocenters. The van der Waals surface area contributed by atoms with E-state index in [0.717, 1.165) is 24.0 Å². The summed E-state index contributed by atoms with van der Waals surface area (Å²) in [5, 5.41) is 0. The number of nitrogens with zero attached hydrogens (tertiary/aromatic N) is 2. The summed E-state index contributed by atoms with van der Waals surface area (Å²) in [6.45, 7) is 13.6. The van der Waals surface area contributed by atoms with E-state index in [1.165, 1.54) is 71.0 Å². The summed E-state index contributed by atoms with van der Waals surface area (Å²) in [7, 11) is 0. The molecule has 0 aliphatic carbocycles. The fourth-order valence-corrected chi connectivity index (χ4v) is 4.36. The molecule has 124 valence electrons. The Balaban J connectivity index is 1.90. The second-order valence-electron chi connectivity index (χ2n) is 7.85. The van der Waals surface area contributed by atoms with E-state index in [2.05, 4.69) is 37.5 Å². The zero-order valence-corrected chi connectivity index (χ0v) is 15.0. The third-order valence-electron chi connectivity index (χ3n) is 5.83. The molecule has 2 aliphatic rings. The molecule has 0 aromatic rings. The van der Waals surface area contributed by atoms with Gasteiger partial charge >= 0.3 is 0 Å². The van der Waals surface area contributed by atoms with Gasteiger partial charge in [0.1, 0.15) is 0 Å². The first-order chi connectivity index (χ1) is 10.1. The highest BCUT2D eigenvalue weighted by Crippen LogP contribution is 2.29. The predicted octanol–water partition coefficient (Wildman–Crippen LogP) is 4.54. The number of fused-ring (bicyclic) bond motifs is 1. The summed E-state index contributed by atoms with van der Waals surface area (Å²) in [4.78, 5) is 5.68. The fourth-order valence-electron chi connectivity index (χ4n) is 4.36. The van der Waals surface area contributed by atoms with Crippen molar-refractivity contribution in [3.63, 3.8) is 0 Å². The smallest absolute Gasteiger partial charge is 0.0249 e. The van der Waals surface area contributed by atoms with Gasteiger partial charge < -0.3 is 0 Å². The third-order valence-corrected chi connectivity index (χ3v) is 5.83. The summed E-state index contributed by atoms with van der Waals surface area (Å²) in [5.74, 6) is 0.783. The molecule has 2 saturated heterocycles. The summed E-state index contributed by atoms with van der Waals surface area (Å²) in [6.07, 6.45) is 11.3. The standard InChI is InChI=1S/C19H38N2/c1-5-6-7-8-11-17(4)21-14-18-12-9-10-13-20(18)15-19(21)16(2)3/h16-19H,5-15H2,1-4H3. The third kappa shape index (κ3) is 4.69. The normalized spacial score (nSPS) is 29.6. The lowest BCUT2D eigenvalue weighted by Crippen LogP contribution is -2.62. The molecule has 21 heavy (non-hydrogen) atoms. The lowest BCUT2D eigenvalue weighted by atomic mass is 9.90. The van der Waals surface area contributed by atoms with Crippen LogP contribution in [-0.4, -0.2) is 47.6 Å². The van der Waals surface area contributed by atoms with Gasteiger partial charge in [-0.05, 0) is 38.6 Å². The minimum atomic E-state index is 0.776. The molecule has 2 nitrogen and oxygen atoms in total. The van der Waals surface area contributed by atoms with E-state index in [1.807, 2.05) is 0 Å². The van der Waals surface area contributed by atoms with Gasteiger partial charge in [0.25, 0.3) is 0 Å². The van der Waals surface area contributed by atoms with Gasteiger partial charge in [0.05, 0.1) is 0 Å². The van der Waals surface area contributed by atoms with E-state index in [4.69, 9.17) is 0 Å². The van der Waals surface area contributed by atoms with Crippen molar-refractivity contribution in [2.24, 2.45) is 5.92 Å². The second-order valence-corrected chi connectivity index (χ2v) is 7.85. The largest absolute Gasteiger partial charge is 0.298 e. The van der Waals surface area contributed by atoms with Crippen LogP contribution in [0.25, 0.3) is 0 Å². The summed E-state index contributed by atoms with van der Waals surface area (Å²) in [5.41, 5.74) is 0. The number of unbranched alkanes of at least 4 members (excludes halogenated alkanes) is 3. The number of piperazine rings is 1.